The number of fused-ring (bicyclic) bond motifs is 3. The lowest BCUT2D eigenvalue weighted by Gasteiger charge is -2.33. The second-order valence-corrected chi connectivity index (χ2v) is 30.6. The number of hydrogen-bond acceptors (Lipinski definition) is 22. The number of hydroxylamine groups is 1. The molecule has 0 aromatic heterocycles. The number of methoxy groups -OCH3 is 3. The molecule has 29 heteroatoms. The molecule has 7 aromatic rings. The van der Waals surface area contributed by atoms with E-state index in [-0.39, 0.29) is 58.0 Å². The van der Waals surface area contributed by atoms with E-state index in [2.05, 4.69) is 5.32 Å². The van der Waals surface area contributed by atoms with Gasteiger partial charge in [-0.1, -0.05) is 48.0 Å². The molecule has 3 atom stereocenters. The van der Waals surface area contributed by atoms with Crippen LogP contribution in [0.25, 0.3) is 0 Å². The summed E-state index contributed by atoms with van der Waals surface area (Å²) < 4.78 is 36.5. The van der Waals surface area contributed by atoms with Gasteiger partial charge in [-0.05, 0) is 208 Å². The number of nitrogens with one attached hydrogen (secondary N) is 2. The number of carbonyl (C=O) groups excluding carboxylic acids is 8. The first-order valence-electron chi connectivity index (χ1n) is 32.7. The van der Waals surface area contributed by atoms with Crippen molar-refractivity contribution in [3.05, 3.63) is 200 Å². The molecule has 3 aliphatic rings. The van der Waals surface area contributed by atoms with Gasteiger partial charge in [0.2, 0.25) is 17.7 Å². The largest absolute Gasteiger partial charge is 0.497 e. The van der Waals surface area contributed by atoms with E-state index >= 15 is 0 Å². The van der Waals surface area contributed by atoms with Crippen molar-refractivity contribution in [1.29, 1.82) is 0 Å². The van der Waals surface area contributed by atoms with E-state index in [1.165, 1.54) is 74.8 Å². The van der Waals surface area contributed by atoms with Gasteiger partial charge in [-0.3, -0.25) is 44.2 Å². The number of nitro groups is 1. The summed E-state index contributed by atoms with van der Waals surface area (Å²) in [5.74, 6) is -2.27. The average molecular weight is 1520 g/mol. The number of benzene rings is 7. The zero-order valence-electron chi connectivity index (χ0n) is 60.0. The van der Waals surface area contributed by atoms with E-state index < -0.39 is 74.5 Å². The van der Waals surface area contributed by atoms with Crippen molar-refractivity contribution in [2.45, 2.75) is 136 Å². The minimum absolute atomic E-state index is 0.00941. The molecule has 0 fully saturated rings. The van der Waals surface area contributed by atoms with Crippen molar-refractivity contribution in [3.63, 3.8) is 0 Å². The van der Waals surface area contributed by atoms with Crippen LogP contribution < -0.4 is 34.8 Å². The Morgan fingerprint density at radius 3 is 1.30 bits per heavy atom. The van der Waals surface area contributed by atoms with Crippen molar-refractivity contribution < 1.29 is 91.5 Å². The minimum atomic E-state index is -1.13. The summed E-state index contributed by atoms with van der Waals surface area (Å²) in [5, 5.41) is 30.5. The van der Waals surface area contributed by atoms with Crippen molar-refractivity contribution in [3.8, 4) is 17.2 Å². The van der Waals surface area contributed by atoms with Gasteiger partial charge in [-0.2, -0.15) is 0 Å². The maximum Gasteiger partial charge on any atom is 0.338 e. The molecule has 0 radical (unpaired) electrons. The molecule has 4 N–H and O–H groups in total. The highest BCUT2D eigenvalue weighted by Gasteiger charge is 2.38. The molecule has 105 heavy (non-hydrogen) atoms. The molecule has 3 aliphatic heterocycles. The summed E-state index contributed by atoms with van der Waals surface area (Å²) in [4.78, 5) is 126. The first-order valence-corrected chi connectivity index (χ1v) is 35.7. The number of carboxylic acid groups (broad SMARTS) is 1. The maximum absolute atomic E-state index is 13.4. The SMILES string of the molecule is CC(C)(C)OC(=O)c1ccc(Cl)c([N+](=O)[O-])c1.CCOC(=O)CN1C(=O)C(Cc2ccc(OC)cc2)Sc2ccc(C(=O)OC(C)(C)C)cc21.COc1ccc(CC2Sc3ccc(C(=O)O)cc3N(CC(=O)NO)C2=O)cc1.COc1ccc(CC2Sc3ccc(C(=O)OC(C)(C)C)cc3NC2=O)cc1. The monoisotopic (exact) mass is 1520 g/mol. The van der Waals surface area contributed by atoms with Gasteiger partial charge >= 0.3 is 29.8 Å². The number of nitrogens with zero attached hydrogens (tertiary/aromatic N) is 3. The standard InChI is InChI=1S/C25H29NO6S.C21H23NO4S.C19H18N2O6S.C11H12ClNO4/c1-6-31-22(27)15-26-19-14-17(24(29)32-25(2,3)4)9-12-20(19)33-21(23(26)28)13-16-7-10-18(30-5)11-8-16;1-21(2,3)26-20(24)14-7-10-17-16(12-14)22-19(23)18(27-17)11-13-5-8-15(25-4)9-6-13;1-27-13-5-2-11(3-6-13)8-16-18(23)21(10-17(22)20-26)14-9-12(19(24)25)4-7-15(14)28-16;1-11(2,3)17-10(14)7-4-5-8(12)9(6-7)13(15)16/h7-12,14,21H,6,13,15H2,1-5H3;5-10,12,18H,11H2,1-4H3,(H,22,23);2-7,9,16,26H,8,10H2,1H3,(H,20,22)(H,24,25);4-6H,1-3H3. The Kier molecular flexibility index (Phi) is 28.6. The van der Waals surface area contributed by atoms with Crippen LogP contribution in [0.3, 0.4) is 0 Å². The number of thioether (sulfide) groups is 3. The highest BCUT2D eigenvalue weighted by Crippen LogP contribution is 2.44. The summed E-state index contributed by atoms with van der Waals surface area (Å²) in [6, 6.07) is 41.2. The zero-order chi connectivity index (χ0) is 77.3. The summed E-state index contributed by atoms with van der Waals surface area (Å²) in [6.45, 7) is 17.3. The molecule has 0 saturated heterocycles. The van der Waals surface area contributed by atoms with Gasteiger partial charge in [0.15, 0.2) is 0 Å². The number of ether oxygens (including phenoxy) is 7. The molecule has 0 saturated carbocycles. The number of carbonyl (C=O) groups is 9. The second kappa shape index (κ2) is 36.5. The molecular formula is C76H82ClN5O20S3. The zero-order valence-corrected chi connectivity index (χ0v) is 63.2. The normalized spacial score (nSPS) is 15.1. The number of amides is 4. The van der Waals surface area contributed by atoms with E-state index in [1.807, 2.05) is 87.5 Å². The topological polar surface area (TPSA) is 332 Å². The third-order valence-corrected chi connectivity index (χ3v) is 19.1. The fourth-order valence-corrected chi connectivity index (χ4v) is 13.9. The summed E-state index contributed by atoms with van der Waals surface area (Å²) in [7, 11) is 4.80. The quantitative estimate of drug-likeness (QED) is 0.0192. The van der Waals surface area contributed by atoms with Crippen molar-refractivity contribution in [2.24, 2.45) is 0 Å². The Morgan fingerprint density at radius 1 is 0.533 bits per heavy atom. The Bertz CT molecular complexity index is 4350. The van der Waals surface area contributed by atoms with Gasteiger partial charge in [0.1, 0.15) is 52.2 Å². The summed E-state index contributed by atoms with van der Waals surface area (Å²) >= 11 is 9.88. The van der Waals surface area contributed by atoms with E-state index in [0.717, 1.165) is 44.0 Å². The Hall–Kier alpha value is -10.1. The minimum Gasteiger partial charge on any atom is -0.497 e. The molecule has 25 nitrogen and oxygen atoms in total. The van der Waals surface area contributed by atoms with Crippen molar-refractivity contribution >= 4 is 123 Å². The predicted octanol–water partition coefficient (Wildman–Crippen LogP) is 13.7. The van der Waals surface area contributed by atoms with E-state index in [9.17, 15) is 58.4 Å². The highest BCUT2D eigenvalue weighted by molar-refractivity contribution is 8.01. The van der Waals surface area contributed by atoms with Gasteiger partial charge in [0.05, 0.1) is 87.9 Å². The van der Waals surface area contributed by atoms with E-state index in [1.54, 1.807) is 118 Å². The number of carboxylic acids is 1. The molecule has 0 bridgehead atoms. The predicted molar refractivity (Wildman–Crippen MR) is 399 cm³/mol. The average Bonchev–Trinajstić information content (AvgIpc) is 0.782. The number of nitro benzene ring substituents is 1. The number of aromatic carboxylic acids is 1. The molecule has 556 valence electrons. The third-order valence-electron chi connectivity index (χ3n) is 15.0. The fraction of sp³-hybridized carbons (Fsp3) is 0.329. The van der Waals surface area contributed by atoms with Crippen LogP contribution in [0, 0.1) is 10.1 Å². The molecule has 0 spiro atoms. The fourth-order valence-electron chi connectivity index (χ4n) is 10.1. The number of rotatable bonds is 19. The summed E-state index contributed by atoms with van der Waals surface area (Å²) in [5.41, 5.74) is 4.67. The van der Waals surface area contributed by atoms with E-state index in [0.29, 0.717) is 58.1 Å². The molecule has 3 unspecified atom stereocenters. The van der Waals surface area contributed by atoms with Crippen molar-refractivity contribution in [2.75, 3.05) is 56.1 Å². The smallest absolute Gasteiger partial charge is 0.338 e. The molecule has 10 rings (SSSR count). The Balaban J connectivity index is 0.000000200. The lowest BCUT2D eigenvalue weighted by atomic mass is 10.1. The van der Waals surface area contributed by atoms with Crippen LogP contribution in [0.15, 0.2) is 160 Å². The van der Waals surface area contributed by atoms with E-state index in [4.69, 9.17) is 50.0 Å². The third kappa shape index (κ3) is 24.0. The van der Waals surface area contributed by atoms with Gasteiger partial charge in [-0.25, -0.2) is 24.7 Å². The lowest BCUT2D eigenvalue weighted by molar-refractivity contribution is -0.384. The van der Waals surface area contributed by atoms with Gasteiger partial charge < -0.3 is 48.5 Å². The molecule has 0 aliphatic carbocycles. The van der Waals surface area contributed by atoms with Crippen LogP contribution >= 0.6 is 46.9 Å². The van der Waals surface area contributed by atoms with Crippen LogP contribution in [-0.2, 0) is 62.2 Å². The number of anilines is 3. The number of hydrogen-bond donors (Lipinski definition) is 4. The van der Waals surface area contributed by atoms with Crippen molar-refractivity contribution in [1.82, 2.24) is 5.48 Å². The van der Waals surface area contributed by atoms with Crippen LogP contribution in [0.5, 0.6) is 17.2 Å². The first-order chi connectivity index (χ1) is 49.5. The highest BCUT2D eigenvalue weighted by atomic mass is 35.5. The van der Waals surface area contributed by atoms with Crippen LogP contribution in [0.2, 0.25) is 5.02 Å². The molecule has 3 heterocycles. The molecule has 7 aromatic carbocycles. The molecule has 4 amide bonds. The molecular weight excluding hydrogens is 1430 g/mol. The van der Waals surface area contributed by atoms with Gasteiger partial charge in [0, 0.05) is 20.8 Å². The number of esters is 4. The van der Waals surface area contributed by atoms with Crippen LogP contribution in [-0.4, -0.2) is 142 Å². The number of halogens is 1. The lowest BCUT2D eigenvalue weighted by Crippen LogP contribution is -2.46. The maximum atomic E-state index is 13.4. The second-order valence-electron chi connectivity index (χ2n) is 26.5. The summed E-state index contributed by atoms with van der Waals surface area (Å²) in [6.07, 6.45) is 1.53. The van der Waals surface area contributed by atoms with Gasteiger partial charge in [-0.15, -0.1) is 35.3 Å². The van der Waals surface area contributed by atoms with Crippen LogP contribution in [0.1, 0.15) is 127 Å². The first kappa shape index (κ1) is 82.2. The Labute approximate surface area is 625 Å². The van der Waals surface area contributed by atoms with Gasteiger partial charge in [0.25, 0.3) is 11.6 Å². The van der Waals surface area contributed by atoms with Crippen LogP contribution in [0.4, 0.5) is 22.7 Å². The Morgan fingerprint density at radius 2 is 0.905 bits per heavy atom.